The van der Waals surface area contributed by atoms with Crippen LogP contribution in [0, 0.1) is 5.82 Å². The first kappa shape index (κ1) is 22.1. The van der Waals surface area contributed by atoms with Crippen molar-refractivity contribution in [2.45, 2.75) is 58.3 Å². The van der Waals surface area contributed by atoms with Crippen molar-refractivity contribution in [3.63, 3.8) is 0 Å². The SMILES string of the molecule is CCCCCCCCCC(=O)Oc1ccc(-c2ccc(C(=O)Cl)c(F)c2)cc1. The van der Waals surface area contributed by atoms with Crippen molar-refractivity contribution in [3.8, 4) is 16.9 Å². The number of halogens is 2. The third-order valence-electron chi connectivity index (χ3n) is 4.58. The number of ether oxygens (including phenoxy) is 1. The predicted octanol–water partition coefficient (Wildman–Crippen LogP) is 6.92. The molecule has 0 aliphatic carbocycles. The maximum atomic E-state index is 13.9. The fraction of sp³-hybridized carbons (Fsp3) is 0.391. The number of carbonyl (C=O) groups excluding carboxylic acids is 2. The van der Waals surface area contributed by atoms with Gasteiger partial charge in [0.1, 0.15) is 11.6 Å². The summed E-state index contributed by atoms with van der Waals surface area (Å²) in [6, 6.07) is 11.1. The lowest BCUT2D eigenvalue weighted by Gasteiger charge is -2.07. The Morgan fingerprint density at radius 2 is 1.50 bits per heavy atom. The van der Waals surface area contributed by atoms with Crippen molar-refractivity contribution in [1.29, 1.82) is 0 Å². The van der Waals surface area contributed by atoms with Gasteiger partial charge in [0.15, 0.2) is 0 Å². The zero-order valence-corrected chi connectivity index (χ0v) is 16.9. The van der Waals surface area contributed by atoms with E-state index >= 15 is 0 Å². The minimum atomic E-state index is -0.827. The largest absolute Gasteiger partial charge is 0.427 e. The molecule has 0 unspecified atom stereocenters. The van der Waals surface area contributed by atoms with Crippen LogP contribution in [0.15, 0.2) is 42.5 Å². The number of benzene rings is 2. The normalized spacial score (nSPS) is 10.7. The number of unbranched alkanes of at least 4 members (excludes halogenated alkanes) is 6. The summed E-state index contributed by atoms with van der Waals surface area (Å²) in [6.45, 7) is 2.19. The highest BCUT2D eigenvalue weighted by Gasteiger charge is 2.11. The summed E-state index contributed by atoms with van der Waals surface area (Å²) >= 11 is 5.32. The third kappa shape index (κ3) is 7.08. The molecule has 0 spiro atoms. The van der Waals surface area contributed by atoms with Gasteiger partial charge in [-0.2, -0.15) is 0 Å². The van der Waals surface area contributed by atoms with E-state index in [4.69, 9.17) is 16.3 Å². The van der Waals surface area contributed by atoms with E-state index in [1.54, 1.807) is 30.3 Å². The monoisotopic (exact) mass is 404 g/mol. The molecule has 5 heteroatoms. The Morgan fingerprint density at radius 3 is 2.11 bits per heavy atom. The molecule has 0 bridgehead atoms. The van der Waals surface area contributed by atoms with Crippen LogP contribution >= 0.6 is 11.6 Å². The van der Waals surface area contributed by atoms with E-state index in [2.05, 4.69) is 6.92 Å². The molecular formula is C23H26ClFO3. The highest BCUT2D eigenvalue weighted by molar-refractivity contribution is 6.67. The molecule has 2 aromatic carbocycles. The molecule has 0 radical (unpaired) electrons. The quantitative estimate of drug-likeness (QED) is 0.177. The van der Waals surface area contributed by atoms with E-state index in [9.17, 15) is 14.0 Å². The van der Waals surface area contributed by atoms with Crippen molar-refractivity contribution >= 4 is 22.8 Å². The van der Waals surface area contributed by atoms with Crippen LogP contribution in [0.25, 0.3) is 11.1 Å². The molecule has 3 nitrogen and oxygen atoms in total. The average molecular weight is 405 g/mol. The lowest BCUT2D eigenvalue weighted by molar-refractivity contribution is -0.134. The maximum absolute atomic E-state index is 13.9. The van der Waals surface area contributed by atoms with Crippen molar-refractivity contribution in [3.05, 3.63) is 53.8 Å². The van der Waals surface area contributed by atoms with Crippen LogP contribution in [-0.2, 0) is 4.79 Å². The molecule has 0 saturated carbocycles. The average Bonchev–Trinajstić information content (AvgIpc) is 2.67. The zero-order chi connectivity index (χ0) is 20.4. The van der Waals surface area contributed by atoms with Crippen molar-refractivity contribution in [1.82, 2.24) is 0 Å². The number of esters is 1. The van der Waals surface area contributed by atoms with E-state index < -0.39 is 11.1 Å². The summed E-state index contributed by atoms with van der Waals surface area (Å²) in [5.41, 5.74) is 1.21. The highest BCUT2D eigenvalue weighted by Crippen LogP contribution is 2.25. The van der Waals surface area contributed by atoms with E-state index in [0.717, 1.165) is 24.8 Å². The Labute approximate surface area is 170 Å². The first-order chi connectivity index (χ1) is 13.5. The van der Waals surface area contributed by atoms with Crippen LogP contribution in [0.5, 0.6) is 5.75 Å². The van der Waals surface area contributed by atoms with Gasteiger partial charge in [0.05, 0.1) is 5.56 Å². The van der Waals surface area contributed by atoms with Crippen molar-refractivity contribution in [2.75, 3.05) is 0 Å². The fourth-order valence-corrected chi connectivity index (χ4v) is 3.13. The molecule has 0 aliphatic heterocycles. The molecule has 0 N–H and O–H groups in total. The van der Waals surface area contributed by atoms with Gasteiger partial charge in [-0.1, -0.05) is 63.6 Å². The molecule has 2 aromatic rings. The Balaban J connectivity index is 1.81. The number of hydrogen-bond acceptors (Lipinski definition) is 3. The second-order valence-corrected chi connectivity index (χ2v) is 7.18. The lowest BCUT2D eigenvalue weighted by Crippen LogP contribution is -2.07. The van der Waals surface area contributed by atoms with E-state index in [1.165, 1.54) is 37.8 Å². The van der Waals surface area contributed by atoms with Gasteiger partial charge in [0.2, 0.25) is 0 Å². The van der Waals surface area contributed by atoms with Crippen LogP contribution in [0.3, 0.4) is 0 Å². The fourth-order valence-electron chi connectivity index (χ4n) is 2.98. The highest BCUT2D eigenvalue weighted by atomic mass is 35.5. The second kappa shape index (κ2) is 11.6. The van der Waals surface area contributed by atoms with Crippen molar-refractivity contribution < 1.29 is 18.7 Å². The van der Waals surface area contributed by atoms with E-state index in [0.29, 0.717) is 17.7 Å². The van der Waals surface area contributed by atoms with Gasteiger partial charge >= 0.3 is 5.97 Å². The lowest BCUT2D eigenvalue weighted by atomic mass is 10.0. The van der Waals surface area contributed by atoms with Crippen LogP contribution in [0.1, 0.15) is 68.6 Å². The number of hydrogen-bond donors (Lipinski definition) is 0. The molecule has 0 atom stereocenters. The Hall–Kier alpha value is -2.20. The second-order valence-electron chi connectivity index (χ2n) is 6.84. The summed E-state index contributed by atoms with van der Waals surface area (Å²) in [6.07, 6.45) is 8.46. The molecule has 0 aliphatic rings. The molecule has 0 aromatic heterocycles. The van der Waals surface area contributed by atoms with E-state index in [1.807, 2.05) is 0 Å². The summed E-state index contributed by atoms with van der Waals surface area (Å²) in [7, 11) is 0. The van der Waals surface area contributed by atoms with Gasteiger partial charge in [-0.3, -0.25) is 9.59 Å². The molecule has 0 saturated heterocycles. The van der Waals surface area contributed by atoms with Gasteiger partial charge in [-0.25, -0.2) is 4.39 Å². The summed E-state index contributed by atoms with van der Waals surface area (Å²) in [5.74, 6) is -0.440. The van der Waals surface area contributed by atoms with Crippen LogP contribution in [0.4, 0.5) is 4.39 Å². The topological polar surface area (TPSA) is 43.4 Å². The van der Waals surface area contributed by atoms with Gasteiger partial charge in [0, 0.05) is 6.42 Å². The third-order valence-corrected chi connectivity index (χ3v) is 4.79. The Morgan fingerprint density at radius 1 is 0.893 bits per heavy atom. The molecule has 0 heterocycles. The van der Waals surface area contributed by atoms with Crippen LogP contribution in [-0.4, -0.2) is 11.2 Å². The number of rotatable bonds is 11. The zero-order valence-electron chi connectivity index (χ0n) is 16.2. The molecule has 0 amide bonds. The van der Waals surface area contributed by atoms with Gasteiger partial charge in [-0.15, -0.1) is 0 Å². The van der Waals surface area contributed by atoms with Gasteiger partial charge < -0.3 is 4.74 Å². The Kier molecular flexibility index (Phi) is 9.15. The molecular weight excluding hydrogens is 379 g/mol. The minimum absolute atomic E-state index is 0.152. The van der Waals surface area contributed by atoms with E-state index in [-0.39, 0.29) is 11.5 Å². The molecule has 150 valence electrons. The number of carbonyl (C=O) groups is 2. The first-order valence-corrected chi connectivity index (χ1v) is 10.2. The van der Waals surface area contributed by atoms with Gasteiger partial charge in [0.25, 0.3) is 5.24 Å². The molecule has 0 fully saturated rings. The minimum Gasteiger partial charge on any atom is -0.427 e. The molecule has 28 heavy (non-hydrogen) atoms. The summed E-state index contributed by atoms with van der Waals surface area (Å²) in [4.78, 5) is 23.0. The summed E-state index contributed by atoms with van der Waals surface area (Å²) in [5, 5.41) is -0.827. The standard InChI is InChI=1S/C23H26ClFO3/c1-2-3-4-5-6-7-8-9-22(26)28-19-13-10-17(11-14-19)18-12-15-20(23(24)27)21(25)16-18/h10-16H,2-9H2,1H3. The maximum Gasteiger partial charge on any atom is 0.311 e. The smallest absolute Gasteiger partial charge is 0.311 e. The summed E-state index contributed by atoms with van der Waals surface area (Å²) < 4.78 is 19.2. The first-order valence-electron chi connectivity index (χ1n) is 9.81. The molecule has 2 rings (SSSR count). The van der Waals surface area contributed by atoms with Crippen LogP contribution < -0.4 is 4.74 Å². The van der Waals surface area contributed by atoms with Crippen LogP contribution in [0.2, 0.25) is 0 Å². The van der Waals surface area contributed by atoms with Gasteiger partial charge in [-0.05, 0) is 53.4 Å². The van der Waals surface area contributed by atoms with Crippen molar-refractivity contribution in [2.24, 2.45) is 0 Å². The Bertz CT molecular complexity index is 787. The predicted molar refractivity (Wildman–Crippen MR) is 110 cm³/mol.